The predicted octanol–water partition coefficient (Wildman–Crippen LogP) is 20.0. The molecular formula is C114H152Br2N4O14. The summed E-state index contributed by atoms with van der Waals surface area (Å²) in [5, 5.41) is 33.3. The first-order valence-electron chi connectivity index (χ1n) is 47.3. The number of rotatable bonds is 33. The molecule has 9 aliphatic rings. The molecule has 1 saturated carbocycles. The molecule has 0 unspecified atom stereocenters. The molecule has 18 nitrogen and oxygen atoms in total. The van der Waals surface area contributed by atoms with Crippen molar-refractivity contribution in [3.63, 3.8) is 0 Å². The third kappa shape index (κ3) is 53.2. The van der Waals surface area contributed by atoms with Gasteiger partial charge < -0.3 is 49.6 Å². The van der Waals surface area contributed by atoms with Crippen molar-refractivity contribution >= 4 is 67.6 Å². The van der Waals surface area contributed by atoms with Crippen molar-refractivity contribution in [3.05, 3.63) is 194 Å². The lowest BCUT2D eigenvalue weighted by atomic mass is 9.75. The summed E-state index contributed by atoms with van der Waals surface area (Å²) < 4.78 is 22.9. The first-order valence-corrected chi connectivity index (χ1v) is 49.2. The molecule has 0 aromatic heterocycles. The van der Waals surface area contributed by atoms with Crippen molar-refractivity contribution in [2.45, 2.75) is 266 Å². The van der Waals surface area contributed by atoms with Gasteiger partial charge in [-0.25, -0.2) is 0 Å². The molecule has 0 saturated heterocycles. The van der Waals surface area contributed by atoms with Crippen LogP contribution in [0.25, 0.3) is 0 Å². The summed E-state index contributed by atoms with van der Waals surface area (Å²) in [5.41, 5.74) is -1.82. The van der Waals surface area contributed by atoms with Gasteiger partial charge in [-0.05, 0) is 137 Å². The number of nitrogens with one attached hydrogen (secondary N) is 2. The highest BCUT2D eigenvalue weighted by atomic mass is 79.9. The minimum absolute atomic E-state index is 0.0672. The number of esters is 5. The van der Waals surface area contributed by atoms with Crippen LogP contribution in [0.5, 0.6) is 0 Å². The molecule has 0 bridgehead atoms. The number of alkyl halides is 2. The van der Waals surface area contributed by atoms with Crippen molar-refractivity contribution < 1.29 is 67.8 Å². The fourth-order valence-electron chi connectivity index (χ4n) is 14.1. The molecule has 1 amide bonds. The van der Waals surface area contributed by atoms with E-state index in [0.717, 1.165) is 70.9 Å². The second-order valence-electron chi connectivity index (χ2n) is 33.2. The molecular weight excluding hydrogens is 1810 g/mol. The Labute approximate surface area is 822 Å². The molecule has 1 fully saturated rings. The first kappa shape index (κ1) is 120. The average Bonchev–Trinajstić information content (AvgIpc) is 0.966. The Morgan fingerprint density at radius 2 is 0.694 bits per heavy atom. The summed E-state index contributed by atoms with van der Waals surface area (Å²) in [5.74, 6) is 41.3. The number of methoxy groups -OCH3 is 5. The number of aliphatic hydroxyl groups excluding tert-OH is 2. The Morgan fingerprint density at radius 1 is 0.388 bits per heavy atom. The van der Waals surface area contributed by atoms with Gasteiger partial charge in [-0.15, -0.1) is 18.3 Å². The van der Waals surface area contributed by atoms with Gasteiger partial charge in [0.15, 0.2) is 0 Å². The summed E-state index contributed by atoms with van der Waals surface area (Å²) in [6.07, 6.45) is 102. The molecule has 0 aliphatic heterocycles. The molecule has 0 heterocycles. The van der Waals surface area contributed by atoms with E-state index in [-0.39, 0.29) is 92.5 Å². The number of amides is 1. The van der Waals surface area contributed by atoms with Gasteiger partial charge in [-0.3, -0.25) is 38.6 Å². The Morgan fingerprint density at radius 3 is 1.02 bits per heavy atom. The summed E-state index contributed by atoms with van der Waals surface area (Å²) in [6.45, 7) is 9.67. The van der Waals surface area contributed by atoms with Crippen molar-refractivity contribution in [2.75, 3.05) is 94.9 Å². The number of hydrogen-bond donors (Lipinski definition) is 5. The zero-order valence-electron chi connectivity index (χ0n) is 81.9. The lowest BCUT2D eigenvalue weighted by Gasteiger charge is -2.41. The minimum atomic E-state index is -1.04. The van der Waals surface area contributed by atoms with Crippen LogP contribution < -0.4 is 10.6 Å². The van der Waals surface area contributed by atoms with Gasteiger partial charge in [0, 0.05) is 79.1 Å². The quantitative estimate of drug-likeness (QED) is 0.0102. The molecule has 0 aromatic carbocycles. The highest BCUT2D eigenvalue weighted by molar-refractivity contribution is 9.10. The molecule has 9 rings (SSSR count). The SMILES string of the molecule is C#CCO.CCCCCN(C)C1(CCC(=O)NC2CC2)C=CC2(C=CCC=C2)C=C1.CCCCCN(C)C1(CCC(=O)OC)C=CC2(C=CCC=C2)C=C1.CCCCCNC.COC(=O)CCC1(Br)C=CC2(C=CCC=C2)C=C1.COC(=O)CCC1(O)C=CC2(C=CCC=C2)C=C1.COC(=O)CCCC#CCC#CCC#CCBr.COC(=O)CCCC#CCC#CCC#CCC#CCO. The van der Waals surface area contributed by atoms with Crippen LogP contribution in [0, 0.1) is 117 Å². The second-order valence-corrected chi connectivity index (χ2v) is 35.3. The van der Waals surface area contributed by atoms with Crippen molar-refractivity contribution in [1.29, 1.82) is 0 Å². The largest absolute Gasteiger partial charge is 0.469 e. The van der Waals surface area contributed by atoms with Crippen LogP contribution in [0.3, 0.4) is 0 Å². The van der Waals surface area contributed by atoms with Gasteiger partial charge in [-0.1, -0.05) is 363 Å². The Hall–Kier alpha value is -10.1. The molecule has 5 N–H and O–H groups in total. The fraction of sp³-hybridized carbons (Fsp3) is 0.526. The number of carbonyl (C=O) groups is 6. The number of unbranched alkanes of at least 4 members (excludes halogenated alkanes) is 8. The lowest BCUT2D eigenvalue weighted by Crippen LogP contribution is -2.46. The van der Waals surface area contributed by atoms with Crippen LogP contribution in [0.1, 0.15) is 239 Å². The normalized spacial score (nSPS) is 18.8. The van der Waals surface area contributed by atoms with Crippen LogP contribution >= 0.6 is 31.9 Å². The number of ether oxygens (including phenoxy) is 5. The second kappa shape index (κ2) is 72.3. The summed E-state index contributed by atoms with van der Waals surface area (Å²) in [4.78, 5) is 72.6. The van der Waals surface area contributed by atoms with Gasteiger partial charge in [0.25, 0.3) is 0 Å². The maximum Gasteiger partial charge on any atom is 0.305 e. The van der Waals surface area contributed by atoms with E-state index >= 15 is 0 Å². The highest BCUT2D eigenvalue weighted by Gasteiger charge is 2.38. The number of aliphatic hydroxyl groups is 3. The number of allylic oxidation sites excluding steroid dienone is 26. The average molecular weight is 1960 g/mol. The topological polar surface area (TPSA) is 240 Å². The maximum absolute atomic E-state index is 12.3. The number of carbonyl (C=O) groups excluding carboxylic acids is 6. The van der Waals surface area contributed by atoms with Gasteiger partial charge in [0.1, 0.15) is 18.8 Å². The minimum Gasteiger partial charge on any atom is -0.469 e. The van der Waals surface area contributed by atoms with E-state index in [0.29, 0.717) is 108 Å². The van der Waals surface area contributed by atoms with E-state index in [1.165, 1.54) is 99.9 Å². The number of nitrogens with zero attached hydrogens (tertiary/aromatic N) is 2. The number of likely N-dealkylation sites (N-methyl/N-ethyl adjacent to an activating group) is 2. The van der Waals surface area contributed by atoms with Crippen molar-refractivity contribution in [3.8, 4) is 95.2 Å². The van der Waals surface area contributed by atoms with E-state index in [1.807, 2.05) is 25.1 Å². The smallest absolute Gasteiger partial charge is 0.305 e. The Balaban J connectivity index is 0.000000535. The van der Waals surface area contributed by atoms with Gasteiger partial charge in [0.05, 0.1) is 88.4 Å². The molecule has 0 atom stereocenters. The molecule has 9 aliphatic carbocycles. The highest BCUT2D eigenvalue weighted by Crippen LogP contribution is 2.43. The van der Waals surface area contributed by atoms with Crippen LogP contribution in [0.4, 0.5) is 0 Å². The number of hydrogen-bond acceptors (Lipinski definition) is 17. The lowest BCUT2D eigenvalue weighted by molar-refractivity contribution is -0.142. The van der Waals surface area contributed by atoms with E-state index in [4.69, 9.17) is 14.9 Å². The Kier molecular flexibility index (Phi) is 64.7. The maximum atomic E-state index is 12.3. The summed E-state index contributed by atoms with van der Waals surface area (Å²) >= 11 is 6.88. The van der Waals surface area contributed by atoms with E-state index in [1.54, 1.807) is 12.2 Å². The van der Waals surface area contributed by atoms with E-state index in [9.17, 15) is 33.9 Å². The molecule has 0 aromatic rings. The first-order chi connectivity index (χ1) is 64.7. The predicted molar refractivity (Wildman–Crippen MR) is 554 cm³/mol. The fourth-order valence-corrected chi connectivity index (χ4v) is 14.7. The zero-order chi connectivity index (χ0) is 98.7. The van der Waals surface area contributed by atoms with E-state index in [2.05, 4.69) is 366 Å². The summed E-state index contributed by atoms with van der Waals surface area (Å²) in [6, 6.07) is 0.443. The molecule has 0 radical (unpaired) electrons. The van der Waals surface area contributed by atoms with E-state index < -0.39 is 5.60 Å². The third-order valence-electron chi connectivity index (χ3n) is 22.6. The number of terminal acetylenes is 1. The zero-order valence-corrected chi connectivity index (χ0v) is 85.1. The standard InChI is InChI=1S/C23H34N2O.C21H31NO2.C17H18O3.C15H17BrO2.C15H18O3.C14H15BrO2.C6H15N.C3H4O/c1-3-4-8-19-25(2)23(14-11-21(26)24-20-9-10-20)17-15-22(16-18-23)12-6-5-7-13-22;1-4-5-9-18-22(2)21(13-10-19(23)24-3)16-14-20(15-17-21)11-7-6-8-12-20;1-20-17(19)15-13-11-9-7-5-3-2-4-6-8-10-12-14-16-18;1-18-13(17)5-8-15(16)11-9-14(10-12-15)6-3-2-4-7-14;1-18-13(16)5-8-15(17)11-9-14(10-12-15)6-3-2-4-7-14;1-17-14(16)12-10-8-6-4-2-3-5-7-9-11-13-15;1-3-4-5-6-7-2;1-2-3-4/h6-7,12-13,15-18,20H,3-5,8-11,14,19H2,1-2H3,(H,24,26);7-8,11-12,14-17H,4-6,9-10,13,18H2,1-3H3;18H,4-5,10-11,13,15-16H2,1H3;3-4,6-7,9-12H,2,5,8H2,1H3;3-4,6-7,9-12,17H,2,5,8H2,1H3;2,7-8,10,12-13H2,1H3;7H,3-6H2,1-2H3;1,4H,3H2. The van der Waals surface area contributed by atoms with Gasteiger partial charge >= 0.3 is 29.8 Å². The van der Waals surface area contributed by atoms with Crippen LogP contribution in [0.2, 0.25) is 0 Å². The Bertz CT molecular complexity index is 4410. The molecule has 4 spiro atoms. The molecule has 726 valence electrons. The van der Waals surface area contributed by atoms with Gasteiger partial charge in [0.2, 0.25) is 5.91 Å². The van der Waals surface area contributed by atoms with Gasteiger partial charge in [-0.2, -0.15) is 0 Å². The molecule has 134 heavy (non-hydrogen) atoms. The van der Waals surface area contributed by atoms with Crippen LogP contribution in [0.15, 0.2) is 194 Å². The molecule has 20 heteroatoms. The summed E-state index contributed by atoms with van der Waals surface area (Å²) in [7, 11) is 13.4. The van der Waals surface area contributed by atoms with Crippen molar-refractivity contribution in [1.82, 2.24) is 20.4 Å². The van der Waals surface area contributed by atoms with Crippen LogP contribution in [-0.4, -0.2) is 183 Å². The van der Waals surface area contributed by atoms with Crippen LogP contribution in [-0.2, 0) is 52.5 Å². The van der Waals surface area contributed by atoms with Crippen molar-refractivity contribution in [2.24, 2.45) is 21.7 Å². The monoisotopic (exact) mass is 1960 g/mol. The third-order valence-corrected chi connectivity index (χ3v) is 23.8. The number of halogens is 2.